The maximum Gasteiger partial charge on any atom is 0.150 e. The second kappa shape index (κ2) is 5.36. The van der Waals surface area contributed by atoms with E-state index in [1.54, 1.807) is 24.7 Å². The average Bonchev–Trinajstić information content (AvgIpc) is 2.49. The molecule has 0 aliphatic rings. The van der Waals surface area contributed by atoms with Crippen molar-refractivity contribution in [2.45, 2.75) is 13.5 Å². The van der Waals surface area contributed by atoms with E-state index in [1.165, 1.54) is 6.07 Å². The van der Waals surface area contributed by atoms with Crippen LogP contribution in [0.4, 0.5) is 15.8 Å². The van der Waals surface area contributed by atoms with Gasteiger partial charge in [-0.1, -0.05) is 0 Å². The van der Waals surface area contributed by atoms with Crippen molar-refractivity contribution >= 4 is 22.3 Å². The minimum absolute atomic E-state index is 0.364. The van der Waals surface area contributed by atoms with Crippen LogP contribution >= 0.6 is 0 Å². The molecular formula is C16H15FN4. The van der Waals surface area contributed by atoms with Gasteiger partial charge < -0.3 is 11.1 Å². The summed E-state index contributed by atoms with van der Waals surface area (Å²) >= 11 is 0. The number of nitrogens with zero attached hydrogens (tertiary/aromatic N) is 2. The number of anilines is 2. The number of hydrogen-bond donors (Lipinski definition) is 2. The van der Waals surface area contributed by atoms with Gasteiger partial charge in [0.2, 0.25) is 0 Å². The van der Waals surface area contributed by atoms with E-state index < -0.39 is 5.82 Å². The largest absolute Gasteiger partial charge is 0.398 e. The van der Waals surface area contributed by atoms with Crippen LogP contribution < -0.4 is 11.1 Å². The summed E-state index contributed by atoms with van der Waals surface area (Å²) in [4.78, 5) is 8.33. The molecule has 106 valence electrons. The van der Waals surface area contributed by atoms with Crippen molar-refractivity contribution in [2.24, 2.45) is 0 Å². The Morgan fingerprint density at radius 3 is 2.95 bits per heavy atom. The minimum atomic E-state index is -0.403. The molecule has 0 aliphatic carbocycles. The lowest BCUT2D eigenvalue weighted by atomic mass is 10.1. The molecule has 2 heterocycles. The molecule has 3 N–H and O–H groups in total. The standard InChI is InChI=1S/C16H15FN4/c1-10-4-6-19-8-11(10)9-21-16-13(17)7-14(18)12-3-2-5-20-15(12)16/h2-8,21H,9,18H2,1H3. The Morgan fingerprint density at radius 1 is 1.29 bits per heavy atom. The summed E-state index contributed by atoms with van der Waals surface area (Å²) in [6, 6.07) is 6.86. The Balaban J connectivity index is 1.99. The highest BCUT2D eigenvalue weighted by Gasteiger charge is 2.12. The van der Waals surface area contributed by atoms with Gasteiger partial charge in [-0.05, 0) is 42.3 Å². The van der Waals surface area contributed by atoms with Crippen LogP contribution in [0.15, 0.2) is 42.9 Å². The SMILES string of the molecule is Cc1ccncc1CNc1c(F)cc(N)c2cccnc12. The van der Waals surface area contributed by atoms with E-state index in [4.69, 9.17) is 5.73 Å². The number of nitrogens with one attached hydrogen (secondary N) is 1. The quantitative estimate of drug-likeness (QED) is 0.724. The lowest BCUT2D eigenvalue weighted by Gasteiger charge is -2.12. The van der Waals surface area contributed by atoms with E-state index in [1.807, 2.05) is 19.1 Å². The fraction of sp³-hybridized carbons (Fsp3) is 0.125. The highest BCUT2D eigenvalue weighted by molar-refractivity contribution is 5.98. The van der Waals surface area contributed by atoms with Crippen molar-refractivity contribution < 1.29 is 4.39 Å². The van der Waals surface area contributed by atoms with Crippen LogP contribution in [0.25, 0.3) is 10.9 Å². The van der Waals surface area contributed by atoms with Gasteiger partial charge in [-0.25, -0.2) is 4.39 Å². The van der Waals surface area contributed by atoms with Gasteiger partial charge in [0.05, 0.1) is 11.2 Å². The Kier molecular flexibility index (Phi) is 3.39. The lowest BCUT2D eigenvalue weighted by Crippen LogP contribution is -2.05. The smallest absolute Gasteiger partial charge is 0.150 e. The van der Waals surface area contributed by atoms with Gasteiger partial charge >= 0.3 is 0 Å². The average molecular weight is 282 g/mol. The van der Waals surface area contributed by atoms with Crippen LogP contribution in [0.5, 0.6) is 0 Å². The van der Waals surface area contributed by atoms with Gasteiger partial charge in [0.1, 0.15) is 0 Å². The van der Waals surface area contributed by atoms with E-state index in [2.05, 4.69) is 15.3 Å². The molecule has 0 fully saturated rings. The van der Waals surface area contributed by atoms with Crippen molar-refractivity contribution in [3.63, 3.8) is 0 Å². The van der Waals surface area contributed by atoms with E-state index in [0.717, 1.165) is 16.5 Å². The van der Waals surface area contributed by atoms with E-state index in [0.29, 0.717) is 23.4 Å². The summed E-state index contributed by atoms with van der Waals surface area (Å²) in [5, 5.41) is 3.85. The van der Waals surface area contributed by atoms with Crippen molar-refractivity contribution in [1.29, 1.82) is 0 Å². The second-order valence-corrected chi connectivity index (χ2v) is 4.88. The van der Waals surface area contributed by atoms with E-state index >= 15 is 0 Å². The zero-order chi connectivity index (χ0) is 14.8. The third kappa shape index (κ3) is 2.50. The fourth-order valence-corrected chi connectivity index (χ4v) is 2.27. The molecule has 4 nitrogen and oxygen atoms in total. The lowest BCUT2D eigenvalue weighted by molar-refractivity contribution is 0.632. The van der Waals surface area contributed by atoms with Gasteiger partial charge in [0.15, 0.2) is 5.82 Å². The summed E-state index contributed by atoms with van der Waals surface area (Å²) in [5.41, 5.74) is 9.24. The van der Waals surface area contributed by atoms with E-state index in [9.17, 15) is 4.39 Å². The van der Waals surface area contributed by atoms with Crippen LogP contribution in [-0.2, 0) is 6.54 Å². The molecule has 5 heteroatoms. The van der Waals surface area contributed by atoms with Gasteiger partial charge in [-0.3, -0.25) is 9.97 Å². The number of fused-ring (bicyclic) bond motifs is 1. The first-order valence-electron chi connectivity index (χ1n) is 6.63. The van der Waals surface area contributed by atoms with Crippen molar-refractivity contribution in [3.8, 4) is 0 Å². The van der Waals surface area contributed by atoms with Crippen LogP contribution in [0.2, 0.25) is 0 Å². The number of rotatable bonds is 3. The minimum Gasteiger partial charge on any atom is -0.398 e. The summed E-state index contributed by atoms with van der Waals surface area (Å²) < 4.78 is 14.2. The van der Waals surface area contributed by atoms with Gasteiger partial charge in [-0.2, -0.15) is 0 Å². The van der Waals surface area contributed by atoms with Crippen LogP contribution in [0.3, 0.4) is 0 Å². The normalized spacial score (nSPS) is 10.8. The number of nitrogen functional groups attached to an aromatic ring is 1. The van der Waals surface area contributed by atoms with Crippen molar-refractivity contribution in [2.75, 3.05) is 11.1 Å². The summed E-state index contributed by atoms with van der Waals surface area (Å²) in [6.45, 7) is 2.47. The maximum atomic E-state index is 14.2. The molecule has 0 amide bonds. The highest BCUT2D eigenvalue weighted by Crippen LogP contribution is 2.29. The van der Waals surface area contributed by atoms with Gasteiger partial charge in [0.25, 0.3) is 0 Å². The molecule has 1 aromatic carbocycles. The van der Waals surface area contributed by atoms with Gasteiger partial charge in [0, 0.05) is 36.2 Å². The summed E-state index contributed by atoms with van der Waals surface area (Å²) in [5.74, 6) is -0.403. The predicted molar refractivity (Wildman–Crippen MR) is 82.4 cm³/mol. The fourth-order valence-electron chi connectivity index (χ4n) is 2.27. The molecule has 3 rings (SSSR count). The zero-order valence-corrected chi connectivity index (χ0v) is 11.6. The molecule has 0 aliphatic heterocycles. The number of aryl methyl sites for hydroxylation is 1. The van der Waals surface area contributed by atoms with Gasteiger partial charge in [-0.15, -0.1) is 0 Å². The number of nitrogens with two attached hydrogens (primary N) is 1. The summed E-state index contributed by atoms with van der Waals surface area (Å²) in [7, 11) is 0. The van der Waals surface area contributed by atoms with E-state index in [-0.39, 0.29) is 0 Å². The second-order valence-electron chi connectivity index (χ2n) is 4.88. The predicted octanol–water partition coefficient (Wildman–Crippen LogP) is 3.27. The Bertz CT molecular complexity index is 801. The molecule has 0 saturated carbocycles. The Morgan fingerprint density at radius 2 is 2.14 bits per heavy atom. The number of benzene rings is 1. The maximum absolute atomic E-state index is 14.2. The first-order chi connectivity index (χ1) is 10.2. The first-order valence-corrected chi connectivity index (χ1v) is 6.63. The first kappa shape index (κ1) is 13.3. The molecule has 2 aromatic heterocycles. The molecule has 0 saturated heterocycles. The molecule has 21 heavy (non-hydrogen) atoms. The molecule has 0 spiro atoms. The molecule has 0 unspecified atom stereocenters. The Hall–Kier alpha value is -2.69. The topological polar surface area (TPSA) is 63.8 Å². The van der Waals surface area contributed by atoms with Crippen molar-refractivity contribution in [1.82, 2.24) is 9.97 Å². The van der Waals surface area contributed by atoms with Crippen LogP contribution in [-0.4, -0.2) is 9.97 Å². The van der Waals surface area contributed by atoms with Crippen LogP contribution in [0.1, 0.15) is 11.1 Å². The third-order valence-corrected chi connectivity index (χ3v) is 3.48. The van der Waals surface area contributed by atoms with Crippen molar-refractivity contribution in [3.05, 3.63) is 59.8 Å². The zero-order valence-electron chi connectivity index (χ0n) is 11.6. The number of aromatic nitrogens is 2. The number of pyridine rings is 2. The highest BCUT2D eigenvalue weighted by atomic mass is 19.1. The molecule has 0 atom stereocenters. The Labute approximate surface area is 121 Å². The van der Waals surface area contributed by atoms with Crippen LogP contribution in [0, 0.1) is 12.7 Å². The molecular weight excluding hydrogens is 267 g/mol. The molecule has 0 bridgehead atoms. The summed E-state index contributed by atoms with van der Waals surface area (Å²) in [6.07, 6.45) is 5.13. The third-order valence-electron chi connectivity index (χ3n) is 3.48. The monoisotopic (exact) mass is 282 g/mol. The number of hydrogen-bond acceptors (Lipinski definition) is 4. The molecule has 3 aromatic rings. The number of halogens is 1. The molecule has 0 radical (unpaired) electrons.